The van der Waals surface area contributed by atoms with Crippen LogP contribution in [0.2, 0.25) is 0 Å². The number of carbonyl (C=O) groups excluding carboxylic acids is 1. The molecule has 0 atom stereocenters. The predicted octanol–water partition coefficient (Wildman–Crippen LogP) is 3.00. The van der Waals surface area contributed by atoms with Crippen LogP contribution in [0.25, 0.3) is 0 Å². The molecule has 0 radical (unpaired) electrons. The lowest BCUT2D eigenvalue weighted by atomic mass is 9.99. The third-order valence-electron chi connectivity index (χ3n) is 3.73. The van der Waals surface area contributed by atoms with Crippen molar-refractivity contribution in [2.75, 3.05) is 5.32 Å². The lowest BCUT2D eigenvalue weighted by Crippen LogP contribution is -2.46. The van der Waals surface area contributed by atoms with E-state index in [-0.39, 0.29) is 12.5 Å². The van der Waals surface area contributed by atoms with Gasteiger partial charge in [0.25, 0.3) is 0 Å². The fraction of sp³-hybridized carbons (Fsp3) is 0.389. The number of carboxylic acids is 1. The summed E-state index contributed by atoms with van der Waals surface area (Å²) in [4.78, 5) is 23.0. The molecule has 134 valence electrons. The first kappa shape index (κ1) is 18.5. The first-order chi connectivity index (χ1) is 11.7. The number of carbonyl (C=O) groups is 2. The van der Waals surface area contributed by atoms with Gasteiger partial charge in [-0.1, -0.05) is 30.3 Å². The Bertz CT molecular complexity index is 738. The van der Waals surface area contributed by atoms with Crippen molar-refractivity contribution >= 4 is 17.8 Å². The predicted molar refractivity (Wildman–Crippen MR) is 95.6 cm³/mol. The normalized spacial score (nSPS) is 11.2. The number of hydrogen-bond donors (Lipinski definition) is 3. The zero-order valence-electron chi connectivity index (χ0n) is 14.7. The standard InChI is InChI=1S/C18H24N4O3/c1-13-11-15(22(21-13)12-14-7-5-4-6-8-14)19-17(25)20-18(2,3)10-9-16(23)24/h4-8,11H,9-10,12H2,1-3H3,(H,23,24)(H2,19,20,25). The summed E-state index contributed by atoms with van der Waals surface area (Å²) in [5.41, 5.74) is 1.26. The topological polar surface area (TPSA) is 96.3 Å². The van der Waals surface area contributed by atoms with Gasteiger partial charge in [-0.3, -0.25) is 10.1 Å². The molecular formula is C18H24N4O3. The number of urea groups is 1. The number of nitrogens with zero attached hydrogens (tertiary/aromatic N) is 2. The summed E-state index contributed by atoms with van der Waals surface area (Å²) in [5, 5.41) is 18.8. The number of aryl methyl sites for hydroxylation is 1. The van der Waals surface area contributed by atoms with Crippen molar-refractivity contribution < 1.29 is 14.7 Å². The highest BCUT2D eigenvalue weighted by atomic mass is 16.4. The van der Waals surface area contributed by atoms with Gasteiger partial charge in [0.2, 0.25) is 0 Å². The third kappa shape index (κ3) is 5.95. The van der Waals surface area contributed by atoms with Gasteiger partial charge in [0, 0.05) is 18.0 Å². The summed E-state index contributed by atoms with van der Waals surface area (Å²) in [7, 11) is 0. The number of aromatic nitrogens is 2. The summed E-state index contributed by atoms with van der Waals surface area (Å²) >= 11 is 0. The van der Waals surface area contributed by atoms with Gasteiger partial charge in [-0.05, 0) is 32.8 Å². The second kappa shape index (κ2) is 7.83. The van der Waals surface area contributed by atoms with Crippen molar-refractivity contribution in [3.05, 3.63) is 47.7 Å². The van der Waals surface area contributed by atoms with E-state index in [1.807, 2.05) is 37.3 Å². The zero-order chi connectivity index (χ0) is 18.4. The molecule has 0 saturated heterocycles. The summed E-state index contributed by atoms with van der Waals surface area (Å²) in [6.07, 6.45) is 0.344. The van der Waals surface area contributed by atoms with Crippen LogP contribution in [0.3, 0.4) is 0 Å². The Morgan fingerprint density at radius 1 is 1.24 bits per heavy atom. The van der Waals surface area contributed by atoms with Gasteiger partial charge in [-0.2, -0.15) is 5.10 Å². The molecule has 1 aromatic carbocycles. The average Bonchev–Trinajstić information content (AvgIpc) is 2.85. The SMILES string of the molecule is Cc1cc(NC(=O)NC(C)(C)CCC(=O)O)n(Cc2ccccc2)n1. The zero-order valence-corrected chi connectivity index (χ0v) is 14.7. The number of hydrogen-bond acceptors (Lipinski definition) is 3. The van der Waals surface area contributed by atoms with Crippen LogP contribution in [0.15, 0.2) is 36.4 Å². The maximum absolute atomic E-state index is 12.3. The number of benzene rings is 1. The molecule has 0 bridgehead atoms. The number of aliphatic carboxylic acids is 1. The van der Waals surface area contributed by atoms with E-state index in [2.05, 4.69) is 15.7 Å². The minimum Gasteiger partial charge on any atom is -0.481 e. The van der Waals surface area contributed by atoms with E-state index in [0.29, 0.717) is 18.8 Å². The van der Waals surface area contributed by atoms with Crippen LogP contribution in [0.4, 0.5) is 10.6 Å². The molecule has 0 aliphatic rings. The van der Waals surface area contributed by atoms with Gasteiger partial charge in [0.1, 0.15) is 5.82 Å². The highest BCUT2D eigenvalue weighted by Gasteiger charge is 2.22. The summed E-state index contributed by atoms with van der Waals surface area (Å²) in [6.45, 7) is 6.00. The van der Waals surface area contributed by atoms with Crippen molar-refractivity contribution in [3.63, 3.8) is 0 Å². The van der Waals surface area contributed by atoms with Crippen LogP contribution >= 0.6 is 0 Å². The molecule has 1 aromatic heterocycles. The Balaban J connectivity index is 2.02. The Morgan fingerprint density at radius 2 is 1.92 bits per heavy atom. The minimum atomic E-state index is -0.883. The van der Waals surface area contributed by atoms with Crippen LogP contribution < -0.4 is 10.6 Å². The first-order valence-electron chi connectivity index (χ1n) is 8.14. The Labute approximate surface area is 147 Å². The molecule has 0 aliphatic heterocycles. The number of nitrogens with one attached hydrogen (secondary N) is 2. The van der Waals surface area contributed by atoms with E-state index in [1.165, 1.54) is 0 Å². The molecule has 0 fully saturated rings. The first-order valence-corrected chi connectivity index (χ1v) is 8.14. The second-order valence-corrected chi connectivity index (χ2v) is 6.67. The van der Waals surface area contributed by atoms with Crippen LogP contribution in [0.1, 0.15) is 37.9 Å². The van der Waals surface area contributed by atoms with Crippen LogP contribution in [0, 0.1) is 6.92 Å². The van der Waals surface area contributed by atoms with E-state index in [0.717, 1.165) is 11.3 Å². The maximum Gasteiger partial charge on any atom is 0.320 e. The van der Waals surface area contributed by atoms with Crippen molar-refractivity contribution in [1.82, 2.24) is 15.1 Å². The molecule has 2 amide bonds. The van der Waals surface area contributed by atoms with Gasteiger partial charge in [0.05, 0.1) is 12.2 Å². The Morgan fingerprint density at radius 3 is 2.56 bits per heavy atom. The smallest absolute Gasteiger partial charge is 0.320 e. The molecular weight excluding hydrogens is 320 g/mol. The number of anilines is 1. The van der Waals surface area contributed by atoms with Gasteiger partial charge >= 0.3 is 12.0 Å². The van der Waals surface area contributed by atoms with Crippen molar-refractivity contribution in [2.24, 2.45) is 0 Å². The highest BCUT2D eigenvalue weighted by Crippen LogP contribution is 2.15. The fourth-order valence-electron chi connectivity index (χ4n) is 2.46. The lowest BCUT2D eigenvalue weighted by Gasteiger charge is -2.25. The molecule has 0 unspecified atom stereocenters. The number of rotatable bonds is 7. The van der Waals surface area contributed by atoms with Crippen molar-refractivity contribution in [3.8, 4) is 0 Å². The largest absolute Gasteiger partial charge is 0.481 e. The quantitative estimate of drug-likeness (QED) is 0.719. The molecule has 1 heterocycles. The van der Waals surface area contributed by atoms with E-state index < -0.39 is 11.5 Å². The molecule has 0 saturated carbocycles. The molecule has 3 N–H and O–H groups in total. The summed E-state index contributed by atoms with van der Waals surface area (Å²) in [6, 6.07) is 11.3. The molecule has 0 aliphatic carbocycles. The molecule has 7 heteroatoms. The molecule has 7 nitrogen and oxygen atoms in total. The van der Waals surface area contributed by atoms with Gasteiger partial charge in [-0.25, -0.2) is 9.48 Å². The summed E-state index contributed by atoms with van der Waals surface area (Å²) < 4.78 is 1.73. The van der Waals surface area contributed by atoms with E-state index in [9.17, 15) is 9.59 Å². The maximum atomic E-state index is 12.3. The van der Waals surface area contributed by atoms with Crippen LogP contribution in [-0.2, 0) is 11.3 Å². The fourth-order valence-corrected chi connectivity index (χ4v) is 2.46. The van der Waals surface area contributed by atoms with Crippen LogP contribution in [0.5, 0.6) is 0 Å². The Hall–Kier alpha value is -2.83. The Kier molecular flexibility index (Phi) is 5.80. The number of amides is 2. The van der Waals surface area contributed by atoms with E-state index >= 15 is 0 Å². The third-order valence-corrected chi connectivity index (χ3v) is 3.73. The van der Waals surface area contributed by atoms with E-state index in [1.54, 1.807) is 24.6 Å². The molecule has 0 spiro atoms. The molecule has 2 rings (SSSR count). The van der Waals surface area contributed by atoms with Gasteiger partial charge < -0.3 is 10.4 Å². The van der Waals surface area contributed by atoms with E-state index in [4.69, 9.17) is 5.11 Å². The van der Waals surface area contributed by atoms with Crippen LogP contribution in [-0.4, -0.2) is 32.4 Å². The molecule has 25 heavy (non-hydrogen) atoms. The molecule has 2 aromatic rings. The average molecular weight is 344 g/mol. The second-order valence-electron chi connectivity index (χ2n) is 6.67. The van der Waals surface area contributed by atoms with Crippen molar-refractivity contribution in [2.45, 2.75) is 45.7 Å². The van der Waals surface area contributed by atoms with Gasteiger partial charge in [0.15, 0.2) is 0 Å². The lowest BCUT2D eigenvalue weighted by molar-refractivity contribution is -0.137. The van der Waals surface area contributed by atoms with Gasteiger partial charge in [-0.15, -0.1) is 0 Å². The minimum absolute atomic E-state index is 0.00166. The van der Waals surface area contributed by atoms with Crippen molar-refractivity contribution in [1.29, 1.82) is 0 Å². The monoisotopic (exact) mass is 344 g/mol. The summed E-state index contributed by atoms with van der Waals surface area (Å²) in [5.74, 6) is -0.292. The highest BCUT2D eigenvalue weighted by molar-refractivity contribution is 5.89. The number of carboxylic acid groups (broad SMARTS) is 1.